The van der Waals surface area contributed by atoms with Crippen LogP contribution in [0.3, 0.4) is 0 Å². The first-order valence-corrected chi connectivity index (χ1v) is 6.50. The van der Waals surface area contributed by atoms with Gasteiger partial charge in [0.2, 0.25) is 5.91 Å². The molecule has 6 heteroatoms. The molecule has 0 heterocycles. The van der Waals surface area contributed by atoms with Crippen LogP contribution in [0, 0.1) is 5.92 Å². The monoisotopic (exact) mass is 274 g/mol. The van der Waals surface area contributed by atoms with Crippen molar-refractivity contribution >= 4 is 11.9 Å². The molecule has 112 valence electrons. The van der Waals surface area contributed by atoms with Crippen molar-refractivity contribution in [3.8, 4) is 0 Å². The van der Waals surface area contributed by atoms with Crippen molar-refractivity contribution in [2.24, 2.45) is 5.92 Å². The van der Waals surface area contributed by atoms with Crippen LogP contribution in [0.1, 0.15) is 27.2 Å². The third kappa shape index (κ3) is 8.56. The number of ether oxygens (including phenoxy) is 2. The van der Waals surface area contributed by atoms with Gasteiger partial charge >= 0.3 is 5.97 Å². The van der Waals surface area contributed by atoms with Crippen LogP contribution in [0.25, 0.3) is 0 Å². The maximum Gasteiger partial charge on any atom is 0.322 e. The number of carbonyl (C=O) groups excluding carboxylic acids is 2. The highest BCUT2D eigenvalue weighted by Crippen LogP contribution is 2.05. The van der Waals surface area contributed by atoms with E-state index in [0.29, 0.717) is 18.9 Å². The van der Waals surface area contributed by atoms with Gasteiger partial charge in [-0.05, 0) is 19.3 Å². The van der Waals surface area contributed by atoms with E-state index in [0.717, 1.165) is 0 Å². The Labute approximate surface area is 115 Å². The third-order valence-electron chi connectivity index (χ3n) is 2.53. The van der Waals surface area contributed by atoms with Crippen LogP contribution in [0.4, 0.5) is 0 Å². The van der Waals surface area contributed by atoms with Gasteiger partial charge < -0.3 is 14.8 Å². The molecule has 0 aromatic rings. The lowest BCUT2D eigenvalue weighted by atomic mass is 10.0. The van der Waals surface area contributed by atoms with Gasteiger partial charge in [-0.2, -0.15) is 0 Å². The first kappa shape index (κ1) is 17.9. The van der Waals surface area contributed by atoms with Crippen molar-refractivity contribution < 1.29 is 19.1 Å². The zero-order chi connectivity index (χ0) is 14.8. The standard InChI is InChI=1S/C13H26N2O4/c1-9(2)6-11(13(17)19-5)14-7-12(16)15-10(3)8-18-4/h9-11,14H,6-8H2,1-5H3,(H,15,16). The number of hydrogen-bond acceptors (Lipinski definition) is 5. The molecule has 0 bridgehead atoms. The zero-order valence-corrected chi connectivity index (χ0v) is 12.5. The highest BCUT2D eigenvalue weighted by molar-refractivity contribution is 5.80. The topological polar surface area (TPSA) is 76.7 Å². The van der Waals surface area contributed by atoms with Crippen molar-refractivity contribution in [1.82, 2.24) is 10.6 Å². The summed E-state index contributed by atoms with van der Waals surface area (Å²) in [5.41, 5.74) is 0. The van der Waals surface area contributed by atoms with E-state index in [1.807, 2.05) is 20.8 Å². The van der Waals surface area contributed by atoms with E-state index in [1.54, 1.807) is 7.11 Å². The fraction of sp³-hybridized carbons (Fsp3) is 0.846. The minimum absolute atomic E-state index is 0.0547. The third-order valence-corrected chi connectivity index (χ3v) is 2.53. The lowest BCUT2D eigenvalue weighted by molar-refractivity contribution is -0.143. The summed E-state index contributed by atoms with van der Waals surface area (Å²) in [6.07, 6.45) is 0.633. The van der Waals surface area contributed by atoms with E-state index in [4.69, 9.17) is 9.47 Å². The second kappa shape index (κ2) is 9.75. The summed E-state index contributed by atoms with van der Waals surface area (Å²) in [7, 11) is 2.93. The van der Waals surface area contributed by atoms with E-state index in [-0.39, 0.29) is 24.5 Å². The molecule has 0 aromatic carbocycles. The molecular formula is C13H26N2O4. The molecule has 0 saturated carbocycles. The smallest absolute Gasteiger partial charge is 0.322 e. The molecule has 0 saturated heterocycles. The van der Waals surface area contributed by atoms with Gasteiger partial charge in [0.05, 0.1) is 20.3 Å². The molecule has 1 amide bonds. The molecule has 0 aromatic heterocycles. The minimum atomic E-state index is -0.450. The van der Waals surface area contributed by atoms with E-state index >= 15 is 0 Å². The van der Waals surface area contributed by atoms with E-state index < -0.39 is 6.04 Å². The molecule has 0 aliphatic heterocycles. The SMILES string of the molecule is COCC(C)NC(=O)CNC(CC(C)C)C(=O)OC. The number of methoxy groups -OCH3 is 2. The van der Waals surface area contributed by atoms with Gasteiger partial charge in [-0.3, -0.25) is 14.9 Å². The van der Waals surface area contributed by atoms with Crippen molar-refractivity contribution in [3.05, 3.63) is 0 Å². The quantitative estimate of drug-likeness (QED) is 0.592. The summed E-state index contributed by atoms with van der Waals surface area (Å²) < 4.78 is 9.64. The second-order valence-corrected chi connectivity index (χ2v) is 5.01. The molecule has 0 aliphatic rings. The summed E-state index contributed by atoms with van der Waals surface area (Å²) in [6, 6.07) is -0.505. The number of amides is 1. The Bertz CT molecular complexity index is 282. The van der Waals surface area contributed by atoms with Crippen LogP contribution in [0.5, 0.6) is 0 Å². The molecule has 0 rings (SSSR count). The van der Waals surface area contributed by atoms with Crippen LogP contribution in [-0.2, 0) is 19.1 Å². The molecule has 19 heavy (non-hydrogen) atoms. The maximum atomic E-state index is 11.6. The summed E-state index contributed by atoms with van der Waals surface area (Å²) in [5, 5.41) is 5.69. The fourth-order valence-electron chi connectivity index (χ4n) is 1.71. The molecule has 0 radical (unpaired) electrons. The van der Waals surface area contributed by atoms with Crippen LogP contribution in [0.2, 0.25) is 0 Å². The lowest BCUT2D eigenvalue weighted by Gasteiger charge is -2.19. The van der Waals surface area contributed by atoms with E-state index in [1.165, 1.54) is 7.11 Å². The predicted octanol–water partition coefficient (Wildman–Crippen LogP) is 0.315. The average molecular weight is 274 g/mol. The Morgan fingerprint density at radius 2 is 1.79 bits per heavy atom. The van der Waals surface area contributed by atoms with Crippen LogP contribution in [-0.4, -0.2) is 51.3 Å². The molecule has 0 fully saturated rings. The maximum absolute atomic E-state index is 11.6. The Balaban J connectivity index is 4.16. The van der Waals surface area contributed by atoms with Crippen molar-refractivity contribution in [2.45, 2.75) is 39.3 Å². The van der Waals surface area contributed by atoms with Gasteiger partial charge in [-0.25, -0.2) is 0 Å². The van der Waals surface area contributed by atoms with Gasteiger partial charge in [-0.1, -0.05) is 13.8 Å². The summed E-state index contributed by atoms with van der Waals surface area (Å²) >= 11 is 0. The number of rotatable bonds is 9. The average Bonchev–Trinajstić information content (AvgIpc) is 2.33. The van der Waals surface area contributed by atoms with Crippen LogP contribution < -0.4 is 10.6 Å². The molecule has 2 N–H and O–H groups in total. The molecular weight excluding hydrogens is 248 g/mol. The zero-order valence-electron chi connectivity index (χ0n) is 12.5. The summed E-state index contributed by atoms with van der Waals surface area (Å²) in [4.78, 5) is 23.2. The Morgan fingerprint density at radius 1 is 1.16 bits per heavy atom. The Hall–Kier alpha value is -1.14. The Morgan fingerprint density at radius 3 is 2.26 bits per heavy atom. The highest BCUT2D eigenvalue weighted by atomic mass is 16.5. The van der Waals surface area contributed by atoms with Crippen LogP contribution in [0.15, 0.2) is 0 Å². The largest absolute Gasteiger partial charge is 0.468 e. The minimum Gasteiger partial charge on any atom is -0.468 e. The van der Waals surface area contributed by atoms with Crippen LogP contribution >= 0.6 is 0 Å². The predicted molar refractivity (Wildman–Crippen MR) is 72.7 cm³/mol. The number of esters is 1. The molecule has 2 atom stereocenters. The van der Waals surface area contributed by atoms with Gasteiger partial charge in [0.15, 0.2) is 0 Å². The van der Waals surface area contributed by atoms with Gasteiger partial charge in [-0.15, -0.1) is 0 Å². The summed E-state index contributed by atoms with van der Waals surface area (Å²) in [6.45, 7) is 6.42. The van der Waals surface area contributed by atoms with E-state index in [9.17, 15) is 9.59 Å². The highest BCUT2D eigenvalue weighted by Gasteiger charge is 2.21. The summed E-state index contributed by atoms with van der Waals surface area (Å²) in [5.74, 6) is -0.166. The number of carbonyl (C=O) groups is 2. The van der Waals surface area contributed by atoms with E-state index in [2.05, 4.69) is 10.6 Å². The van der Waals surface area contributed by atoms with Crippen molar-refractivity contribution in [3.63, 3.8) is 0 Å². The normalized spacial score (nSPS) is 14.0. The molecule has 0 spiro atoms. The van der Waals surface area contributed by atoms with Crippen molar-refractivity contribution in [1.29, 1.82) is 0 Å². The number of nitrogens with one attached hydrogen (secondary N) is 2. The van der Waals surface area contributed by atoms with Gasteiger partial charge in [0.1, 0.15) is 6.04 Å². The molecule has 2 unspecified atom stereocenters. The van der Waals surface area contributed by atoms with Gasteiger partial charge in [0, 0.05) is 13.2 Å². The Kier molecular flexibility index (Phi) is 9.16. The molecule has 6 nitrogen and oxygen atoms in total. The number of hydrogen-bond donors (Lipinski definition) is 2. The first-order chi connectivity index (χ1) is 8.90. The van der Waals surface area contributed by atoms with Gasteiger partial charge in [0.25, 0.3) is 0 Å². The fourth-order valence-corrected chi connectivity index (χ4v) is 1.71. The second-order valence-electron chi connectivity index (χ2n) is 5.01. The lowest BCUT2D eigenvalue weighted by Crippen LogP contribution is -2.46. The first-order valence-electron chi connectivity index (χ1n) is 6.50. The van der Waals surface area contributed by atoms with Crippen molar-refractivity contribution in [2.75, 3.05) is 27.4 Å². The molecule has 0 aliphatic carbocycles.